The van der Waals surface area contributed by atoms with Crippen molar-refractivity contribution in [3.8, 4) is 6.07 Å². The van der Waals surface area contributed by atoms with E-state index in [2.05, 4.69) is 5.32 Å². The highest BCUT2D eigenvalue weighted by molar-refractivity contribution is 5.73. The predicted molar refractivity (Wildman–Crippen MR) is 46.9 cm³/mol. The highest BCUT2D eigenvalue weighted by atomic mass is 19.4. The van der Waals surface area contributed by atoms with E-state index in [-0.39, 0.29) is 6.54 Å². The van der Waals surface area contributed by atoms with Gasteiger partial charge in [-0.2, -0.15) is 18.4 Å². The van der Waals surface area contributed by atoms with E-state index in [1.807, 2.05) is 6.07 Å². The molecule has 2 N–H and O–H groups in total. The number of nitrogens with one attached hydrogen (secondary N) is 2. The maximum Gasteiger partial charge on any atom is 0.405 e. The van der Waals surface area contributed by atoms with Crippen LogP contribution in [-0.2, 0) is 0 Å². The van der Waals surface area contributed by atoms with Crippen LogP contribution in [0.25, 0.3) is 0 Å². The number of carbonyl (C=O) groups is 1. The third kappa shape index (κ3) is 10.5. The molecule has 0 aliphatic rings. The van der Waals surface area contributed by atoms with Gasteiger partial charge in [0.2, 0.25) is 0 Å². The van der Waals surface area contributed by atoms with Crippen molar-refractivity contribution in [3.05, 3.63) is 0 Å². The number of unbranched alkanes of at least 4 members (excludes halogenated alkanes) is 2. The Bertz CT molecular complexity index is 234. The third-order valence-electron chi connectivity index (χ3n) is 1.45. The molecular formula is C8H12F3N3O. The van der Waals surface area contributed by atoms with Crippen molar-refractivity contribution >= 4 is 6.03 Å². The minimum absolute atomic E-state index is 0.269. The van der Waals surface area contributed by atoms with Crippen LogP contribution >= 0.6 is 0 Å². The summed E-state index contributed by atoms with van der Waals surface area (Å²) in [6.45, 7) is -1.07. The first-order valence-electron chi connectivity index (χ1n) is 4.41. The van der Waals surface area contributed by atoms with Crippen LogP contribution in [0.5, 0.6) is 0 Å². The number of rotatable bonds is 5. The van der Waals surface area contributed by atoms with Gasteiger partial charge in [-0.05, 0) is 12.8 Å². The molecule has 2 amide bonds. The number of carbonyl (C=O) groups excluding carboxylic acids is 1. The molecule has 0 aromatic carbocycles. The Hall–Kier alpha value is -1.45. The zero-order valence-corrected chi connectivity index (χ0v) is 8.02. The summed E-state index contributed by atoms with van der Waals surface area (Å²) in [6.07, 6.45) is -2.81. The van der Waals surface area contributed by atoms with E-state index in [1.165, 1.54) is 0 Å². The molecule has 0 aromatic rings. The van der Waals surface area contributed by atoms with Crippen LogP contribution in [0, 0.1) is 11.3 Å². The normalized spacial score (nSPS) is 10.5. The molecule has 4 nitrogen and oxygen atoms in total. The first-order chi connectivity index (χ1) is 6.95. The molecule has 0 saturated heterocycles. The van der Waals surface area contributed by atoms with Crippen molar-refractivity contribution in [2.45, 2.75) is 25.4 Å². The van der Waals surface area contributed by atoms with Crippen molar-refractivity contribution in [1.29, 1.82) is 5.26 Å². The summed E-state index contributed by atoms with van der Waals surface area (Å²) in [5.74, 6) is 0. The molecular weight excluding hydrogens is 211 g/mol. The van der Waals surface area contributed by atoms with Crippen LogP contribution in [0.1, 0.15) is 19.3 Å². The second kappa shape index (κ2) is 6.92. The summed E-state index contributed by atoms with van der Waals surface area (Å²) < 4.78 is 34.9. The van der Waals surface area contributed by atoms with Crippen LogP contribution in [0.15, 0.2) is 0 Å². The fourth-order valence-corrected chi connectivity index (χ4v) is 0.774. The molecule has 0 aliphatic heterocycles. The van der Waals surface area contributed by atoms with Gasteiger partial charge in [0.05, 0.1) is 6.07 Å². The summed E-state index contributed by atoms with van der Waals surface area (Å²) in [5, 5.41) is 12.1. The number of urea groups is 1. The fourth-order valence-electron chi connectivity index (χ4n) is 0.774. The number of hydrogen-bond acceptors (Lipinski definition) is 2. The van der Waals surface area contributed by atoms with Gasteiger partial charge < -0.3 is 10.6 Å². The lowest BCUT2D eigenvalue weighted by atomic mass is 10.2. The highest BCUT2D eigenvalue weighted by Crippen LogP contribution is 2.11. The number of nitriles is 1. The van der Waals surface area contributed by atoms with Gasteiger partial charge in [0, 0.05) is 13.0 Å². The van der Waals surface area contributed by atoms with E-state index in [1.54, 1.807) is 5.32 Å². The monoisotopic (exact) mass is 223 g/mol. The number of nitrogens with zero attached hydrogens (tertiary/aromatic N) is 1. The molecule has 0 fully saturated rings. The van der Waals surface area contributed by atoms with E-state index < -0.39 is 18.8 Å². The lowest BCUT2D eigenvalue weighted by molar-refractivity contribution is -0.122. The smallest absolute Gasteiger partial charge is 0.338 e. The van der Waals surface area contributed by atoms with Crippen molar-refractivity contribution < 1.29 is 18.0 Å². The quantitative estimate of drug-likeness (QED) is 0.694. The van der Waals surface area contributed by atoms with Crippen molar-refractivity contribution in [1.82, 2.24) is 10.6 Å². The molecule has 0 aromatic heterocycles. The zero-order chi connectivity index (χ0) is 11.7. The van der Waals surface area contributed by atoms with E-state index in [0.717, 1.165) is 0 Å². The molecule has 86 valence electrons. The summed E-state index contributed by atoms with van der Waals surface area (Å²) in [5.41, 5.74) is 0. The first kappa shape index (κ1) is 13.5. The predicted octanol–water partition coefficient (Wildman–Crippen LogP) is 1.54. The summed E-state index contributed by atoms with van der Waals surface area (Å²) in [7, 11) is 0. The standard InChI is InChI=1S/C8H12F3N3O/c9-8(10,11)6-14-7(15)13-5-3-1-2-4-12/h1-3,5-6H2,(H2,13,14,15). The maximum absolute atomic E-state index is 11.6. The maximum atomic E-state index is 11.6. The lowest BCUT2D eigenvalue weighted by Crippen LogP contribution is -2.41. The van der Waals surface area contributed by atoms with Gasteiger partial charge in [-0.3, -0.25) is 0 Å². The number of alkyl halides is 3. The Morgan fingerprint density at radius 3 is 2.47 bits per heavy atom. The SMILES string of the molecule is N#CCCCCNC(=O)NCC(F)(F)F. The van der Waals surface area contributed by atoms with Crippen LogP contribution < -0.4 is 10.6 Å². The van der Waals surface area contributed by atoms with Gasteiger partial charge >= 0.3 is 12.2 Å². The summed E-state index contributed by atoms with van der Waals surface area (Å²) in [6, 6.07) is 1.08. The van der Waals surface area contributed by atoms with Crippen molar-refractivity contribution in [3.63, 3.8) is 0 Å². The van der Waals surface area contributed by atoms with E-state index in [4.69, 9.17) is 5.26 Å². The largest absolute Gasteiger partial charge is 0.405 e. The van der Waals surface area contributed by atoms with Crippen LogP contribution in [0.4, 0.5) is 18.0 Å². The van der Waals surface area contributed by atoms with Gasteiger partial charge in [-0.25, -0.2) is 4.79 Å². The van der Waals surface area contributed by atoms with Crippen LogP contribution in [0.3, 0.4) is 0 Å². The molecule has 0 unspecified atom stereocenters. The molecule has 0 bridgehead atoms. The van der Waals surface area contributed by atoms with Crippen LogP contribution in [-0.4, -0.2) is 25.3 Å². The summed E-state index contributed by atoms with van der Waals surface area (Å²) >= 11 is 0. The Kier molecular flexibility index (Phi) is 6.25. The van der Waals surface area contributed by atoms with E-state index in [0.29, 0.717) is 19.3 Å². The van der Waals surface area contributed by atoms with Gasteiger partial charge in [0.25, 0.3) is 0 Å². The summed E-state index contributed by atoms with van der Waals surface area (Å²) in [4.78, 5) is 10.7. The number of halogens is 3. The Morgan fingerprint density at radius 1 is 1.27 bits per heavy atom. The molecule has 0 saturated carbocycles. The Morgan fingerprint density at radius 2 is 1.93 bits per heavy atom. The third-order valence-corrected chi connectivity index (χ3v) is 1.45. The Balaban J connectivity index is 3.39. The number of amides is 2. The van der Waals surface area contributed by atoms with Gasteiger partial charge in [-0.1, -0.05) is 0 Å². The average Bonchev–Trinajstić information content (AvgIpc) is 2.13. The van der Waals surface area contributed by atoms with Gasteiger partial charge in [-0.15, -0.1) is 0 Å². The van der Waals surface area contributed by atoms with Crippen molar-refractivity contribution in [2.75, 3.05) is 13.1 Å². The second-order valence-electron chi connectivity index (χ2n) is 2.84. The second-order valence-corrected chi connectivity index (χ2v) is 2.84. The van der Waals surface area contributed by atoms with Crippen LogP contribution in [0.2, 0.25) is 0 Å². The molecule has 0 rings (SSSR count). The van der Waals surface area contributed by atoms with E-state index >= 15 is 0 Å². The molecule has 7 heteroatoms. The molecule has 0 spiro atoms. The van der Waals surface area contributed by atoms with Gasteiger partial charge in [0.1, 0.15) is 6.54 Å². The fraction of sp³-hybridized carbons (Fsp3) is 0.750. The first-order valence-corrected chi connectivity index (χ1v) is 4.41. The van der Waals surface area contributed by atoms with Crippen molar-refractivity contribution in [2.24, 2.45) is 0 Å². The topological polar surface area (TPSA) is 64.9 Å². The van der Waals surface area contributed by atoms with E-state index in [9.17, 15) is 18.0 Å². The minimum atomic E-state index is -4.39. The van der Waals surface area contributed by atoms with Gasteiger partial charge in [0.15, 0.2) is 0 Å². The number of hydrogen-bond donors (Lipinski definition) is 2. The average molecular weight is 223 g/mol. The molecule has 0 radical (unpaired) electrons. The molecule has 0 aliphatic carbocycles. The Labute approximate surface area is 85.4 Å². The molecule has 15 heavy (non-hydrogen) atoms. The highest BCUT2D eigenvalue weighted by Gasteiger charge is 2.27. The minimum Gasteiger partial charge on any atom is -0.338 e. The zero-order valence-electron chi connectivity index (χ0n) is 8.02. The lowest BCUT2D eigenvalue weighted by Gasteiger charge is -2.09. The molecule has 0 atom stereocenters. The molecule has 0 heterocycles.